The topological polar surface area (TPSA) is 112 Å². The lowest BCUT2D eigenvalue weighted by Gasteiger charge is -2.10. The summed E-state index contributed by atoms with van der Waals surface area (Å²) >= 11 is 0. The number of rotatable bonds is 8. The van der Waals surface area contributed by atoms with Gasteiger partial charge in [0.1, 0.15) is 11.5 Å². The lowest BCUT2D eigenvalue weighted by atomic mass is 10.1. The highest BCUT2D eigenvalue weighted by Gasteiger charge is 2.14. The van der Waals surface area contributed by atoms with Crippen LogP contribution in [0.1, 0.15) is 19.4 Å². The van der Waals surface area contributed by atoms with E-state index < -0.39 is 6.09 Å². The third-order valence-corrected chi connectivity index (χ3v) is 4.00. The molecule has 0 aliphatic carbocycles. The zero-order chi connectivity index (χ0) is 20.8. The summed E-state index contributed by atoms with van der Waals surface area (Å²) in [6.07, 6.45) is 3.16. The molecule has 0 aliphatic rings. The molecule has 0 spiro atoms. The number of carbonyl (C=O) groups excluding carboxylic acids is 1. The maximum atomic E-state index is 11.8. The first-order valence-electron chi connectivity index (χ1n) is 9.13. The molecule has 3 rings (SSSR count). The number of amides is 1. The average Bonchev–Trinajstić information content (AvgIpc) is 3.10. The quantitative estimate of drug-likeness (QED) is 0.594. The molecule has 2 aromatic heterocycles. The maximum Gasteiger partial charge on any atom is 0.414 e. The van der Waals surface area contributed by atoms with Gasteiger partial charge in [-0.2, -0.15) is 0 Å². The molecular formula is C19H24N6O4. The molecule has 0 radical (unpaired) electrons. The van der Waals surface area contributed by atoms with Gasteiger partial charge in [0, 0.05) is 25.0 Å². The van der Waals surface area contributed by atoms with Gasteiger partial charge in [-0.05, 0) is 38.0 Å². The predicted octanol–water partition coefficient (Wildman–Crippen LogP) is 2.75. The highest BCUT2D eigenvalue weighted by Crippen LogP contribution is 2.23. The fourth-order valence-corrected chi connectivity index (χ4v) is 2.71. The minimum Gasteiger partial charge on any atom is -0.497 e. The number of anilines is 2. The Morgan fingerprint density at radius 2 is 1.86 bits per heavy atom. The minimum atomic E-state index is -0.590. The summed E-state index contributed by atoms with van der Waals surface area (Å²) in [5.41, 5.74) is 1.55. The second-order valence-corrected chi connectivity index (χ2v) is 6.47. The van der Waals surface area contributed by atoms with Crippen molar-refractivity contribution in [2.75, 3.05) is 31.4 Å². The molecule has 0 unspecified atom stereocenters. The number of hydrogen-bond acceptors (Lipinski definition) is 8. The number of carbonyl (C=O) groups is 1. The fraction of sp³-hybridized carbons (Fsp3) is 0.368. The standard InChI is InChI=1S/C19H24N6O4/c1-12(2)29-19(26)22-18-24-23-17-16(21-7-8-25(17)18)20-6-5-13-9-14(27-3)11-15(10-13)28-4/h7-12H,5-6H2,1-4H3,(H,20,21)(H,22,24,26). The van der Waals surface area contributed by atoms with Crippen molar-refractivity contribution in [3.8, 4) is 11.5 Å². The van der Waals surface area contributed by atoms with E-state index in [1.807, 2.05) is 18.2 Å². The van der Waals surface area contributed by atoms with Crippen LogP contribution in [-0.4, -0.2) is 52.5 Å². The van der Waals surface area contributed by atoms with Gasteiger partial charge in [0.2, 0.25) is 11.6 Å². The van der Waals surface area contributed by atoms with Crippen molar-refractivity contribution in [3.05, 3.63) is 36.2 Å². The monoisotopic (exact) mass is 400 g/mol. The van der Waals surface area contributed by atoms with Crippen LogP contribution in [0.15, 0.2) is 30.6 Å². The predicted molar refractivity (Wildman–Crippen MR) is 108 cm³/mol. The molecule has 0 atom stereocenters. The van der Waals surface area contributed by atoms with Gasteiger partial charge < -0.3 is 19.5 Å². The Morgan fingerprint density at radius 3 is 2.52 bits per heavy atom. The van der Waals surface area contributed by atoms with Crippen molar-refractivity contribution in [1.82, 2.24) is 19.6 Å². The van der Waals surface area contributed by atoms with Crippen LogP contribution >= 0.6 is 0 Å². The molecule has 2 heterocycles. The minimum absolute atomic E-state index is 0.233. The van der Waals surface area contributed by atoms with E-state index in [2.05, 4.69) is 25.8 Å². The van der Waals surface area contributed by atoms with E-state index in [1.165, 1.54) is 0 Å². The summed E-state index contributed by atoms with van der Waals surface area (Å²) in [6.45, 7) is 4.14. The summed E-state index contributed by atoms with van der Waals surface area (Å²) < 4.78 is 17.3. The first kappa shape index (κ1) is 20.2. The van der Waals surface area contributed by atoms with Gasteiger partial charge in [-0.1, -0.05) is 0 Å². The number of aromatic nitrogens is 4. The summed E-state index contributed by atoms with van der Waals surface area (Å²) in [7, 11) is 3.24. The van der Waals surface area contributed by atoms with Gasteiger partial charge in [-0.15, -0.1) is 10.2 Å². The average molecular weight is 400 g/mol. The Labute approximate surface area is 168 Å². The molecule has 0 fully saturated rings. The van der Waals surface area contributed by atoms with Gasteiger partial charge in [0.05, 0.1) is 20.3 Å². The molecule has 29 heavy (non-hydrogen) atoms. The van der Waals surface area contributed by atoms with Crippen molar-refractivity contribution >= 4 is 23.5 Å². The number of nitrogens with one attached hydrogen (secondary N) is 2. The molecule has 10 heteroatoms. The number of ether oxygens (including phenoxy) is 3. The van der Waals surface area contributed by atoms with Gasteiger partial charge in [-0.25, -0.2) is 9.78 Å². The molecule has 154 valence electrons. The van der Waals surface area contributed by atoms with Crippen LogP contribution in [0.3, 0.4) is 0 Å². The van der Waals surface area contributed by atoms with Gasteiger partial charge >= 0.3 is 6.09 Å². The largest absolute Gasteiger partial charge is 0.497 e. The lowest BCUT2D eigenvalue weighted by Crippen LogP contribution is -2.19. The van der Waals surface area contributed by atoms with Crippen molar-refractivity contribution in [3.63, 3.8) is 0 Å². The van der Waals surface area contributed by atoms with E-state index in [1.54, 1.807) is 44.9 Å². The zero-order valence-corrected chi connectivity index (χ0v) is 16.8. The highest BCUT2D eigenvalue weighted by molar-refractivity contribution is 5.83. The van der Waals surface area contributed by atoms with Crippen LogP contribution in [0.2, 0.25) is 0 Å². The number of fused-ring (bicyclic) bond motifs is 1. The first-order chi connectivity index (χ1) is 14.0. The van der Waals surface area contributed by atoms with Crippen LogP contribution < -0.4 is 20.1 Å². The highest BCUT2D eigenvalue weighted by atomic mass is 16.6. The summed E-state index contributed by atoms with van der Waals surface area (Å²) in [5.74, 6) is 2.29. The third-order valence-electron chi connectivity index (χ3n) is 4.00. The molecule has 1 aromatic carbocycles. The number of benzene rings is 1. The van der Waals surface area contributed by atoms with Crippen molar-refractivity contribution in [2.24, 2.45) is 0 Å². The fourth-order valence-electron chi connectivity index (χ4n) is 2.71. The van der Waals surface area contributed by atoms with Gasteiger partial charge in [0.15, 0.2) is 5.82 Å². The second-order valence-electron chi connectivity index (χ2n) is 6.47. The summed E-state index contributed by atoms with van der Waals surface area (Å²) in [6, 6.07) is 5.74. The Kier molecular flexibility index (Phi) is 6.32. The number of nitrogens with zero attached hydrogens (tertiary/aromatic N) is 4. The first-order valence-corrected chi connectivity index (χ1v) is 9.13. The molecule has 1 amide bonds. The Morgan fingerprint density at radius 1 is 1.14 bits per heavy atom. The van der Waals surface area contributed by atoms with E-state index in [9.17, 15) is 4.79 Å². The Balaban J connectivity index is 1.69. The molecule has 0 aliphatic heterocycles. The van der Waals surface area contributed by atoms with Crippen molar-refractivity contribution < 1.29 is 19.0 Å². The van der Waals surface area contributed by atoms with Crippen LogP contribution in [0.25, 0.3) is 5.65 Å². The smallest absolute Gasteiger partial charge is 0.414 e. The van der Waals surface area contributed by atoms with E-state index >= 15 is 0 Å². The van der Waals surface area contributed by atoms with Gasteiger partial charge in [-0.3, -0.25) is 9.72 Å². The molecule has 0 bridgehead atoms. The van der Waals surface area contributed by atoms with Crippen molar-refractivity contribution in [2.45, 2.75) is 26.4 Å². The molecule has 0 saturated heterocycles. The Bertz CT molecular complexity index is 966. The number of methoxy groups -OCH3 is 2. The van der Waals surface area contributed by atoms with Crippen LogP contribution in [-0.2, 0) is 11.2 Å². The molecule has 0 saturated carbocycles. The second kappa shape index (κ2) is 9.09. The van der Waals surface area contributed by atoms with E-state index in [-0.39, 0.29) is 12.1 Å². The Hall–Kier alpha value is -3.56. The van der Waals surface area contributed by atoms with E-state index in [4.69, 9.17) is 14.2 Å². The number of hydrogen-bond donors (Lipinski definition) is 2. The zero-order valence-electron chi connectivity index (χ0n) is 16.8. The SMILES string of the molecule is COc1cc(CCNc2nccn3c(NC(=O)OC(C)C)nnc23)cc(OC)c1. The van der Waals surface area contributed by atoms with Crippen LogP contribution in [0.4, 0.5) is 16.6 Å². The summed E-state index contributed by atoms with van der Waals surface area (Å²) in [4.78, 5) is 16.1. The maximum absolute atomic E-state index is 11.8. The lowest BCUT2D eigenvalue weighted by molar-refractivity contribution is 0.129. The third kappa shape index (κ3) is 5.03. The van der Waals surface area contributed by atoms with E-state index in [0.29, 0.717) is 18.0 Å². The molecular weight excluding hydrogens is 376 g/mol. The van der Waals surface area contributed by atoms with Gasteiger partial charge in [0.25, 0.3) is 0 Å². The summed E-state index contributed by atoms with van der Waals surface area (Å²) in [5, 5.41) is 13.9. The molecule has 3 aromatic rings. The van der Waals surface area contributed by atoms with Crippen molar-refractivity contribution in [1.29, 1.82) is 0 Å². The molecule has 2 N–H and O–H groups in total. The van der Waals surface area contributed by atoms with E-state index in [0.717, 1.165) is 23.5 Å². The van der Waals surface area contributed by atoms with Crippen LogP contribution in [0, 0.1) is 0 Å². The molecule has 10 nitrogen and oxygen atoms in total. The van der Waals surface area contributed by atoms with Crippen LogP contribution in [0.5, 0.6) is 11.5 Å². The normalized spacial score (nSPS) is 10.8.